The summed E-state index contributed by atoms with van der Waals surface area (Å²) in [6.07, 6.45) is 11.9. The number of hydrogen-bond donors (Lipinski definition) is 0. The van der Waals surface area contributed by atoms with E-state index < -0.39 is 0 Å². The average Bonchev–Trinajstić information content (AvgIpc) is 2.64. The quantitative estimate of drug-likeness (QED) is 0.375. The van der Waals surface area contributed by atoms with Crippen LogP contribution in [0.2, 0.25) is 0 Å². The van der Waals surface area contributed by atoms with Crippen LogP contribution in [0.1, 0.15) is 69.4 Å². The SMILES string of the molecule is CCCCCCCCCCc1c(C)ccc2c1[N]c1ccccc1O2. The van der Waals surface area contributed by atoms with Crippen LogP contribution >= 0.6 is 0 Å². The first-order valence-electron chi connectivity index (χ1n) is 9.90. The Morgan fingerprint density at radius 1 is 0.800 bits per heavy atom. The number of hydrogen-bond acceptors (Lipinski definition) is 1. The van der Waals surface area contributed by atoms with Gasteiger partial charge < -0.3 is 4.74 Å². The van der Waals surface area contributed by atoms with Gasteiger partial charge in [-0.25, -0.2) is 5.32 Å². The van der Waals surface area contributed by atoms with Crippen LogP contribution < -0.4 is 10.1 Å². The first kappa shape index (κ1) is 17.8. The third-order valence-corrected chi connectivity index (χ3v) is 5.08. The van der Waals surface area contributed by atoms with Crippen molar-refractivity contribution in [3.05, 3.63) is 47.5 Å². The van der Waals surface area contributed by atoms with Crippen LogP contribution in [0.5, 0.6) is 11.5 Å². The summed E-state index contributed by atoms with van der Waals surface area (Å²) in [5.41, 5.74) is 4.67. The molecule has 2 nitrogen and oxygen atoms in total. The summed E-state index contributed by atoms with van der Waals surface area (Å²) < 4.78 is 6.06. The summed E-state index contributed by atoms with van der Waals surface area (Å²) in [5, 5.41) is 4.89. The van der Waals surface area contributed by atoms with E-state index in [-0.39, 0.29) is 0 Å². The molecule has 0 N–H and O–H groups in total. The Balaban J connectivity index is 1.56. The molecule has 2 heteroatoms. The van der Waals surface area contributed by atoms with Gasteiger partial charge in [-0.2, -0.15) is 0 Å². The fourth-order valence-corrected chi connectivity index (χ4v) is 3.55. The summed E-state index contributed by atoms with van der Waals surface area (Å²) in [5.74, 6) is 1.76. The Morgan fingerprint density at radius 2 is 1.52 bits per heavy atom. The number of unbranched alkanes of at least 4 members (excludes halogenated alkanes) is 7. The Labute approximate surface area is 152 Å². The van der Waals surface area contributed by atoms with Crippen molar-refractivity contribution in [3.63, 3.8) is 0 Å². The van der Waals surface area contributed by atoms with E-state index in [2.05, 4.69) is 26.0 Å². The van der Waals surface area contributed by atoms with E-state index in [0.717, 1.165) is 29.3 Å². The molecule has 0 fully saturated rings. The predicted octanol–water partition coefficient (Wildman–Crippen LogP) is 7.35. The highest BCUT2D eigenvalue weighted by Gasteiger charge is 2.21. The molecule has 0 aliphatic carbocycles. The predicted molar refractivity (Wildman–Crippen MR) is 105 cm³/mol. The van der Waals surface area contributed by atoms with Gasteiger partial charge in [0, 0.05) is 0 Å². The molecule has 0 unspecified atom stereocenters. The lowest BCUT2D eigenvalue weighted by Gasteiger charge is -2.23. The molecule has 0 saturated heterocycles. The maximum atomic E-state index is 6.06. The molecule has 0 spiro atoms. The minimum Gasteiger partial charge on any atom is -0.453 e. The molecule has 25 heavy (non-hydrogen) atoms. The lowest BCUT2D eigenvalue weighted by atomic mass is 9.97. The third-order valence-electron chi connectivity index (χ3n) is 5.08. The van der Waals surface area contributed by atoms with Gasteiger partial charge in [-0.3, -0.25) is 0 Å². The van der Waals surface area contributed by atoms with Crippen molar-refractivity contribution < 1.29 is 4.74 Å². The number of benzene rings is 2. The molecule has 133 valence electrons. The van der Waals surface area contributed by atoms with Crippen LogP contribution in [0, 0.1) is 6.92 Å². The first-order valence-corrected chi connectivity index (χ1v) is 9.90. The Hall–Kier alpha value is -1.96. The molecule has 3 rings (SSSR count). The first-order chi connectivity index (χ1) is 12.3. The number of ether oxygens (including phenoxy) is 1. The second kappa shape index (κ2) is 8.94. The van der Waals surface area contributed by atoms with Gasteiger partial charge in [-0.1, -0.05) is 70.1 Å². The zero-order chi connectivity index (χ0) is 17.5. The van der Waals surface area contributed by atoms with E-state index in [0.29, 0.717) is 0 Å². The molecule has 1 heterocycles. The minimum absolute atomic E-state index is 0.858. The number of nitrogens with zero attached hydrogens (tertiary/aromatic N) is 1. The maximum absolute atomic E-state index is 6.06. The van der Waals surface area contributed by atoms with Crippen molar-refractivity contribution in [3.8, 4) is 11.5 Å². The Kier molecular flexibility index (Phi) is 6.38. The van der Waals surface area contributed by atoms with Gasteiger partial charge in [-0.05, 0) is 49.1 Å². The summed E-state index contributed by atoms with van der Waals surface area (Å²) >= 11 is 0. The Morgan fingerprint density at radius 3 is 2.32 bits per heavy atom. The molecule has 0 aromatic heterocycles. The molecule has 0 atom stereocenters. The van der Waals surface area contributed by atoms with Gasteiger partial charge in [0.05, 0.1) is 0 Å². The fourth-order valence-electron chi connectivity index (χ4n) is 3.55. The normalized spacial score (nSPS) is 12.1. The molecule has 1 aliphatic heterocycles. The Bertz CT molecular complexity index is 692. The highest BCUT2D eigenvalue weighted by Crippen LogP contribution is 2.44. The van der Waals surface area contributed by atoms with Gasteiger partial charge in [0.25, 0.3) is 0 Å². The molecule has 0 saturated carbocycles. The van der Waals surface area contributed by atoms with Crippen molar-refractivity contribution in [2.24, 2.45) is 0 Å². The molecular formula is C23H30NO. The molecule has 2 aromatic carbocycles. The lowest BCUT2D eigenvalue weighted by Crippen LogP contribution is -2.06. The third kappa shape index (κ3) is 4.56. The van der Waals surface area contributed by atoms with Crippen LogP contribution in [0.15, 0.2) is 36.4 Å². The minimum atomic E-state index is 0.858. The summed E-state index contributed by atoms with van der Waals surface area (Å²) in [6, 6.07) is 12.3. The molecule has 2 aromatic rings. The zero-order valence-corrected chi connectivity index (χ0v) is 15.7. The van der Waals surface area contributed by atoms with Crippen molar-refractivity contribution >= 4 is 11.4 Å². The van der Waals surface area contributed by atoms with Crippen LogP contribution in [-0.2, 0) is 6.42 Å². The fraction of sp³-hybridized carbons (Fsp3) is 0.478. The highest BCUT2D eigenvalue weighted by molar-refractivity contribution is 5.71. The lowest BCUT2D eigenvalue weighted by molar-refractivity contribution is 0.470. The largest absolute Gasteiger partial charge is 0.453 e. The summed E-state index contributed by atoms with van der Waals surface area (Å²) in [7, 11) is 0. The van der Waals surface area contributed by atoms with Crippen LogP contribution in [0.3, 0.4) is 0 Å². The van der Waals surface area contributed by atoms with Gasteiger partial charge in [0.2, 0.25) is 0 Å². The number of rotatable bonds is 9. The topological polar surface area (TPSA) is 23.3 Å². The molecular weight excluding hydrogens is 306 g/mol. The molecule has 1 aliphatic rings. The van der Waals surface area contributed by atoms with E-state index in [1.54, 1.807) is 0 Å². The number of fused-ring (bicyclic) bond motifs is 2. The van der Waals surface area contributed by atoms with E-state index in [4.69, 9.17) is 10.1 Å². The van der Waals surface area contributed by atoms with Gasteiger partial charge in [0.1, 0.15) is 11.4 Å². The monoisotopic (exact) mass is 336 g/mol. The van der Waals surface area contributed by atoms with Crippen molar-refractivity contribution in [2.75, 3.05) is 0 Å². The van der Waals surface area contributed by atoms with E-state index in [9.17, 15) is 0 Å². The van der Waals surface area contributed by atoms with Gasteiger partial charge in [0.15, 0.2) is 11.5 Å². The van der Waals surface area contributed by atoms with Gasteiger partial charge in [-0.15, -0.1) is 0 Å². The molecule has 0 amide bonds. The number of aryl methyl sites for hydroxylation is 1. The highest BCUT2D eigenvalue weighted by atomic mass is 16.5. The van der Waals surface area contributed by atoms with Crippen molar-refractivity contribution in [1.29, 1.82) is 0 Å². The molecule has 1 radical (unpaired) electrons. The van der Waals surface area contributed by atoms with E-state index >= 15 is 0 Å². The van der Waals surface area contributed by atoms with E-state index in [1.807, 2.05) is 24.3 Å². The second-order valence-corrected chi connectivity index (χ2v) is 7.11. The zero-order valence-electron chi connectivity index (χ0n) is 15.7. The second-order valence-electron chi connectivity index (χ2n) is 7.11. The van der Waals surface area contributed by atoms with E-state index in [1.165, 1.54) is 62.5 Å². The van der Waals surface area contributed by atoms with Crippen LogP contribution in [0.25, 0.3) is 0 Å². The summed E-state index contributed by atoms with van der Waals surface area (Å²) in [4.78, 5) is 0. The average molecular weight is 336 g/mol. The number of para-hydroxylation sites is 2. The smallest absolute Gasteiger partial charge is 0.153 e. The standard InChI is InChI=1S/C23H30NO/c1-3-4-5-6-7-8-9-10-13-19-18(2)16-17-22-23(19)24-20-14-11-12-15-21(20)25-22/h11-12,14-17H,3-10,13H2,1-2H3. The van der Waals surface area contributed by atoms with Crippen molar-refractivity contribution in [2.45, 2.75) is 71.6 Å². The van der Waals surface area contributed by atoms with Gasteiger partial charge >= 0.3 is 0 Å². The van der Waals surface area contributed by atoms with Crippen LogP contribution in [-0.4, -0.2) is 0 Å². The summed E-state index contributed by atoms with van der Waals surface area (Å²) in [6.45, 7) is 4.46. The van der Waals surface area contributed by atoms with Crippen LogP contribution in [0.4, 0.5) is 11.4 Å². The maximum Gasteiger partial charge on any atom is 0.153 e. The van der Waals surface area contributed by atoms with Crippen molar-refractivity contribution in [1.82, 2.24) is 5.32 Å². The molecule has 0 bridgehead atoms.